The van der Waals surface area contributed by atoms with Gasteiger partial charge in [-0.25, -0.2) is 0 Å². The average molecular weight is 349 g/mol. The van der Waals surface area contributed by atoms with Crippen molar-refractivity contribution in [1.29, 1.82) is 0 Å². The van der Waals surface area contributed by atoms with Gasteiger partial charge in [0.2, 0.25) is 0 Å². The van der Waals surface area contributed by atoms with E-state index in [2.05, 4.69) is 13.5 Å². The molecule has 3 nitrogen and oxygen atoms in total. The van der Waals surface area contributed by atoms with E-state index in [-0.39, 0.29) is 17.1 Å². The molecule has 0 amide bonds. The average Bonchev–Trinajstić information content (AvgIpc) is 3.01. The molecule has 4 aliphatic rings. The lowest BCUT2D eigenvalue weighted by molar-refractivity contribution is -0.225. The van der Waals surface area contributed by atoms with Crippen molar-refractivity contribution in [1.82, 2.24) is 0 Å². The number of hydrogen-bond acceptors (Lipinski definition) is 3. The summed E-state index contributed by atoms with van der Waals surface area (Å²) < 4.78 is 5.49. The maximum atomic E-state index is 10.9. The molecule has 4 fully saturated rings. The fourth-order valence-electron chi connectivity index (χ4n) is 8.20. The molecule has 4 saturated carbocycles. The first kappa shape index (κ1) is 17.9. The van der Waals surface area contributed by atoms with E-state index in [1.807, 2.05) is 0 Å². The number of allylic oxidation sites excluding steroid dienone is 1. The van der Waals surface area contributed by atoms with Gasteiger partial charge in [-0.15, -0.1) is 0 Å². The van der Waals surface area contributed by atoms with E-state index in [1.165, 1.54) is 44.9 Å². The molecule has 142 valence electrons. The van der Waals surface area contributed by atoms with E-state index in [0.717, 1.165) is 31.1 Å². The van der Waals surface area contributed by atoms with E-state index in [4.69, 9.17) is 4.74 Å². The number of fused-ring (bicyclic) bond motifs is 5. The minimum absolute atomic E-state index is 0.00899. The highest BCUT2D eigenvalue weighted by atomic mass is 16.6. The third-order valence-electron chi connectivity index (χ3n) is 9.26. The Hall–Kier alpha value is -0.540. The van der Waals surface area contributed by atoms with Crippen molar-refractivity contribution >= 4 is 0 Å². The topological polar surface area (TPSA) is 49.7 Å². The molecule has 0 radical (unpaired) electrons. The van der Waals surface area contributed by atoms with Crippen molar-refractivity contribution in [3.05, 3.63) is 12.3 Å². The van der Waals surface area contributed by atoms with Crippen molar-refractivity contribution < 1.29 is 14.9 Å². The zero-order valence-electron chi connectivity index (χ0n) is 16.0. The van der Waals surface area contributed by atoms with E-state index in [0.29, 0.717) is 17.3 Å². The second-order valence-electron chi connectivity index (χ2n) is 9.76. The molecule has 2 unspecified atom stereocenters. The van der Waals surface area contributed by atoms with Gasteiger partial charge in [0, 0.05) is 18.4 Å². The van der Waals surface area contributed by atoms with Gasteiger partial charge in [0.15, 0.2) is 6.29 Å². The summed E-state index contributed by atoms with van der Waals surface area (Å²) in [4.78, 5) is 0. The van der Waals surface area contributed by atoms with Crippen LogP contribution in [0.4, 0.5) is 0 Å². The first-order valence-corrected chi connectivity index (χ1v) is 10.5. The maximum absolute atomic E-state index is 10.9. The predicted octanol–water partition coefficient (Wildman–Crippen LogP) is 5.05. The van der Waals surface area contributed by atoms with Gasteiger partial charge in [0.1, 0.15) is 0 Å². The number of aliphatic hydroxyl groups excluding tert-OH is 2. The highest BCUT2D eigenvalue weighted by molar-refractivity contribution is 5.15. The second kappa shape index (κ2) is 6.27. The smallest absolute Gasteiger partial charge is 0.160 e. The fourth-order valence-corrected chi connectivity index (χ4v) is 8.20. The molecule has 0 aromatic carbocycles. The standard InChI is InChI=1S/C22H36O3/c1-14(23)17-9-10-19-16-8-7-15-6-4-5-12-21(15,2)18(16)11-13-22(17,19)20(24)25-3/h15-20,23-24H,1,4-13H2,2-3H3/t15?,16-,17-,18+,19+,20?,21+,22+/m1/s1. The van der Waals surface area contributed by atoms with Gasteiger partial charge in [-0.2, -0.15) is 0 Å². The van der Waals surface area contributed by atoms with Crippen LogP contribution in [0.2, 0.25) is 0 Å². The molecule has 3 heteroatoms. The van der Waals surface area contributed by atoms with Crippen LogP contribution in [-0.4, -0.2) is 23.6 Å². The van der Waals surface area contributed by atoms with Crippen LogP contribution in [0.1, 0.15) is 71.1 Å². The van der Waals surface area contributed by atoms with Gasteiger partial charge in [-0.1, -0.05) is 26.3 Å². The number of ether oxygens (including phenoxy) is 1. The molecule has 0 saturated heterocycles. The molecule has 0 bridgehead atoms. The Balaban J connectivity index is 1.69. The Morgan fingerprint density at radius 1 is 1.04 bits per heavy atom. The lowest BCUT2D eigenvalue weighted by Gasteiger charge is -2.61. The molecule has 0 aromatic rings. The largest absolute Gasteiger partial charge is 0.513 e. The Kier molecular flexibility index (Phi) is 4.47. The molecule has 4 aliphatic carbocycles. The zero-order valence-corrected chi connectivity index (χ0v) is 16.0. The van der Waals surface area contributed by atoms with Crippen LogP contribution in [-0.2, 0) is 4.74 Å². The summed E-state index contributed by atoms with van der Waals surface area (Å²) in [5.41, 5.74) is 0.180. The minimum atomic E-state index is -0.785. The molecular weight excluding hydrogens is 312 g/mol. The van der Waals surface area contributed by atoms with E-state index in [9.17, 15) is 10.2 Å². The van der Waals surface area contributed by atoms with Crippen LogP contribution in [0, 0.1) is 40.4 Å². The van der Waals surface area contributed by atoms with E-state index >= 15 is 0 Å². The maximum Gasteiger partial charge on any atom is 0.160 e. The molecule has 0 spiro atoms. The van der Waals surface area contributed by atoms with Crippen LogP contribution < -0.4 is 0 Å². The minimum Gasteiger partial charge on any atom is -0.513 e. The first-order chi connectivity index (χ1) is 11.9. The normalized spacial score (nSPS) is 50.4. The number of aliphatic hydroxyl groups is 2. The molecule has 0 aliphatic heterocycles. The van der Waals surface area contributed by atoms with Crippen LogP contribution in [0.15, 0.2) is 12.3 Å². The highest BCUT2D eigenvalue weighted by Gasteiger charge is 2.64. The number of rotatable bonds is 3. The molecule has 4 rings (SSSR count). The molecule has 0 aromatic heterocycles. The third kappa shape index (κ3) is 2.37. The molecular formula is C22H36O3. The molecule has 2 N–H and O–H groups in total. The van der Waals surface area contributed by atoms with Crippen molar-refractivity contribution in [3.8, 4) is 0 Å². The lowest BCUT2D eigenvalue weighted by atomic mass is 9.44. The molecule has 8 atom stereocenters. The van der Waals surface area contributed by atoms with Gasteiger partial charge in [-0.3, -0.25) is 0 Å². The molecule has 0 heterocycles. The van der Waals surface area contributed by atoms with Gasteiger partial charge in [0.05, 0.1) is 5.76 Å². The number of hydrogen-bond donors (Lipinski definition) is 2. The van der Waals surface area contributed by atoms with Crippen LogP contribution in [0.3, 0.4) is 0 Å². The van der Waals surface area contributed by atoms with Crippen molar-refractivity contribution in [2.75, 3.05) is 7.11 Å². The van der Waals surface area contributed by atoms with Crippen LogP contribution >= 0.6 is 0 Å². The Labute approximate surface area is 152 Å². The van der Waals surface area contributed by atoms with Crippen LogP contribution in [0.25, 0.3) is 0 Å². The van der Waals surface area contributed by atoms with Gasteiger partial charge in [-0.05, 0) is 80.5 Å². The Morgan fingerprint density at radius 2 is 1.84 bits per heavy atom. The Bertz CT molecular complexity index is 531. The van der Waals surface area contributed by atoms with E-state index in [1.54, 1.807) is 7.11 Å². The summed E-state index contributed by atoms with van der Waals surface area (Å²) in [6.45, 7) is 6.44. The van der Waals surface area contributed by atoms with E-state index < -0.39 is 6.29 Å². The summed E-state index contributed by atoms with van der Waals surface area (Å²) in [6.07, 6.45) is 11.7. The van der Waals surface area contributed by atoms with Gasteiger partial charge in [0.25, 0.3) is 0 Å². The van der Waals surface area contributed by atoms with Gasteiger partial charge >= 0.3 is 0 Å². The van der Waals surface area contributed by atoms with Crippen molar-refractivity contribution in [3.63, 3.8) is 0 Å². The predicted molar refractivity (Wildman–Crippen MR) is 98.9 cm³/mol. The monoisotopic (exact) mass is 348 g/mol. The third-order valence-corrected chi connectivity index (χ3v) is 9.26. The zero-order chi connectivity index (χ0) is 17.8. The van der Waals surface area contributed by atoms with Crippen molar-refractivity contribution in [2.45, 2.75) is 77.4 Å². The fraction of sp³-hybridized carbons (Fsp3) is 0.909. The highest BCUT2D eigenvalue weighted by Crippen LogP contribution is 2.69. The number of methoxy groups -OCH3 is 1. The summed E-state index contributed by atoms with van der Waals surface area (Å²) in [5, 5.41) is 21.1. The molecule has 25 heavy (non-hydrogen) atoms. The van der Waals surface area contributed by atoms with Crippen molar-refractivity contribution in [2.24, 2.45) is 40.4 Å². The van der Waals surface area contributed by atoms with Gasteiger partial charge < -0.3 is 14.9 Å². The summed E-state index contributed by atoms with van der Waals surface area (Å²) in [5.74, 6) is 3.10. The quantitative estimate of drug-likeness (QED) is 0.554. The van der Waals surface area contributed by atoms with Crippen LogP contribution in [0.5, 0.6) is 0 Å². The second-order valence-corrected chi connectivity index (χ2v) is 9.76. The lowest BCUT2D eigenvalue weighted by Crippen LogP contribution is -2.57. The summed E-state index contributed by atoms with van der Waals surface area (Å²) in [7, 11) is 1.61. The summed E-state index contributed by atoms with van der Waals surface area (Å²) >= 11 is 0. The summed E-state index contributed by atoms with van der Waals surface area (Å²) in [6, 6.07) is 0. The SMILES string of the molecule is C=C(O)[C@H]1CC[C@H]2[C@@H]3CCC4CCCC[C@]4(C)[C@H]3CC[C@]12C(O)OC. The Morgan fingerprint density at radius 3 is 2.56 bits per heavy atom. The first-order valence-electron chi connectivity index (χ1n) is 10.5.